The molecule has 2 aliphatic heterocycles. The van der Waals surface area contributed by atoms with Gasteiger partial charge in [0.2, 0.25) is 5.91 Å². The van der Waals surface area contributed by atoms with Crippen LogP contribution >= 0.6 is 0 Å². The van der Waals surface area contributed by atoms with Crippen LogP contribution in [0.25, 0.3) is 0 Å². The molecule has 2 amide bonds. The molecule has 0 unspecified atom stereocenters. The number of nitrogens with zero attached hydrogens (tertiary/aromatic N) is 3. The molecular weight excluding hydrogens is 360 g/mol. The normalized spacial score (nSPS) is 21.8. The molecule has 4 rings (SSSR count). The predicted octanol–water partition coefficient (Wildman–Crippen LogP) is 0.827. The first kappa shape index (κ1) is 18.4. The van der Waals surface area contributed by atoms with Crippen molar-refractivity contribution < 1.29 is 14.3 Å². The van der Waals surface area contributed by atoms with Gasteiger partial charge in [0.1, 0.15) is 12.4 Å². The van der Waals surface area contributed by atoms with E-state index in [1.165, 1.54) is 0 Å². The van der Waals surface area contributed by atoms with Gasteiger partial charge in [0.25, 0.3) is 11.5 Å². The molecule has 2 atom stereocenters. The monoisotopic (exact) mass is 382 g/mol. The Balaban J connectivity index is 1.66. The highest BCUT2D eigenvalue weighted by Crippen LogP contribution is 2.33. The number of carbonyl (C=O) groups is 2. The number of fused-ring (bicyclic) bond motifs is 1. The Hall–Kier alpha value is -3.00. The predicted molar refractivity (Wildman–Crippen MR) is 100 cm³/mol. The molecule has 1 saturated heterocycles. The molecular formula is C20H22N4O4. The fraction of sp³-hybridized carbons (Fsp3) is 0.400. The topological polar surface area (TPSA) is 95.6 Å². The maximum Gasteiger partial charge on any atom is 0.256 e. The van der Waals surface area contributed by atoms with Gasteiger partial charge in [0, 0.05) is 7.05 Å². The van der Waals surface area contributed by atoms with Gasteiger partial charge in [-0.25, -0.2) is 4.98 Å². The largest absolute Gasteiger partial charge is 0.356 e. The molecule has 8 heteroatoms. The van der Waals surface area contributed by atoms with Crippen LogP contribution in [0, 0.1) is 13.8 Å². The summed E-state index contributed by atoms with van der Waals surface area (Å²) in [6.45, 7) is 3.96. The van der Waals surface area contributed by atoms with Crippen LogP contribution in [-0.4, -0.2) is 51.3 Å². The van der Waals surface area contributed by atoms with Crippen molar-refractivity contribution >= 4 is 11.8 Å². The number of hydrogen-bond acceptors (Lipinski definition) is 5. The SMILES string of the molecule is Cc1nc2c(c(=O)[nH]1)CN(C(=O)[C@H]1OCC(=O)N(C)[C@@H]1c1ccccc1C)C2. The Morgan fingerprint density at radius 2 is 1.96 bits per heavy atom. The zero-order valence-electron chi connectivity index (χ0n) is 16.1. The number of rotatable bonds is 2. The van der Waals surface area contributed by atoms with E-state index in [0.29, 0.717) is 17.1 Å². The smallest absolute Gasteiger partial charge is 0.256 e. The van der Waals surface area contributed by atoms with Crippen molar-refractivity contribution in [2.45, 2.75) is 39.1 Å². The Morgan fingerprint density at radius 3 is 2.71 bits per heavy atom. The molecule has 0 saturated carbocycles. The quantitative estimate of drug-likeness (QED) is 0.830. The first-order valence-corrected chi connectivity index (χ1v) is 9.17. The minimum Gasteiger partial charge on any atom is -0.356 e. The molecule has 8 nitrogen and oxygen atoms in total. The number of hydrogen-bond donors (Lipinski definition) is 1. The Morgan fingerprint density at radius 1 is 1.21 bits per heavy atom. The molecule has 1 aromatic carbocycles. The van der Waals surface area contributed by atoms with Crippen LogP contribution < -0.4 is 5.56 Å². The van der Waals surface area contributed by atoms with E-state index >= 15 is 0 Å². The summed E-state index contributed by atoms with van der Waals surface area (Å²) in [7, 11) is 1.69. The van der Waals surface area contributed by atoms with E-state index in [-0.39, 0.29) is 37.1 Å². The molecule has 146 valence electrons. The summed E-state index contributed by atoms with van der Waals surface area (Å²) in [5.74, 6) is 0.105. The van der Waals surface area contributed by atoms with Gasteiger partial charge in [-0.2, -0.15) is 0 Å². The molecule has 3 heterocycles. The second-order valence-electron chi connectivity index (χ2n) is 7.31. The summed E-state index contributed by atoms with van der Waals surface area (Å²) in [5.41, 5.74) is 2.76. The van der Waals surface area contributed by atoms with E-state index in [1.807, 2.05) is 31.2 Å². The third-order valence-corrected chi connectivity index (χ3v) is 5.46. The maximum absolute atomic E-state index is 13.3. The summed E-state index contributed by atoms with van der Waals surface area (Å²) in [5, 5.41) is 0. The first-order valence-electron chi connectivity index (χ1n) is 9.17. The number of nitrogens with one attached hydrogen (secondary N) is 1. The van der Waals surface area contributed by atoms with Crippen LogP contribution in [0.2, 0.25) is 0 Å². The van der Waals surface area contributed by atoms with E-state index in [0.717, 1.165) is 11.1 Å². The first-order chi connectivity index (χ1) is 13.4. The highest BCUT2D eigenvalue weighted by atomic mass is 16.5. The lowest BCUT2D eigenvalue weighted by Crippen LogP contribution is -2.53. The standard InChI is InChI=1S/C20H22N4O4/c1-11-6-4-5-7-13(11)17-18(28-10-16(25)23(17)3)20(27)24-8-14-15(9-24)21-12(2)22-19(14)26/h4-7,17-18H,8-10H2,1-3H3,(H,21,22,26)/t17-,18+/m1/s1. The summed E-state index contributed by atoms with van der Waals surface area (Å²) in [6, 6.07) is 7.13. The molecule has 2 aliphatic rings. The van der Waals surface area contributed by atoms with Gasteiger partial charge in [0.05, 0.1) is 30.4 Å². The Labute approximate surface area is 162 Å². The summed E-state index contributed by atoms with van der Waals surface area (Å²) in [6.07, 6.45) is -0.835. The number of ether oxygens (including phenoxy) is 1. The second-order valence-corrected chi connectivity index (χ2v) is 7.31. The number of benzene rings is 1. The van der Waals surface area contributed by atoms with Gasteiger partial charge in [-0.1, -0.05) is 24.3 Å². The van der Waals surface area contributed by atoms with Gasteiger partial charge >= 0.3 is 0 Å². The minimum absolute atomic E-state index is 0.145. The number of H-pyrrole nitrogens is 1. The Kier molecular flexibility index (Phi) is 4.50. The van der Waals surface area contributed by atoms with Crippen molar-refractivity contribution in [1.82, 2.24) is 19.8 Å². The average Bonchev–Trinajstić information content (AvgIpc) is 3.08. The second kappa shape index (κ2) is 6.87. The lowest BCUT2D eigenvalue weighted by atomic mass is 9.93. The number of amides is 2. The fourth-order valence-electron chi connectivity index (χ4n) is 3.93. The summed E-state index contributed by atoms with van der Waals surface area (Å²) >= 11 is 0. The average molecular weight is 382 g/mol. The zero-order valence-corrected chi connectivity index (χ0v) is 16.1. The molecule has 1 fully saturated rings. The molecule has 28 heavy (non-hydrogen) atoms. The lowest BCUT2D eigenvalue weighted by Gasteiger charge is -2.40. The lowest BCUT2D eigenvalue weighted by molar-refractivity contribution is -0.167. The van der Waals surface area contributed by atoms with Crippen LogP contribution in [0.3, 0.4) is 0 Å². The zero-order chi connectivity index (χ0) is 20.0. The minimum atomic E-state index is -0.835. The molecule has 0 spiro atoms. The summed E-state index contributed by atoms with van der Waals surface area (Å²) in [4.78, 5) is 48.0. The maximum atomic E-state index is 13.3. The van der Waals surface area contributed by atoms with E-state index in [4.69, 9.17) is 4.74 Å². The van der Waals surface area contributed by atoms with Crippen LogP contribution in [0.1, 0.15) is 34.3 Å². The van der Waals surface area contributed by atoms with Crippen molar-refractivity contribution in [3.63, 3.8) is 0 Å². The van der Waals surface area contributed by atoms with E-state index in [1.54, 1.807) is 23.8 Å². The molecule has 0 aliphatic carbocycles. The molecule has 2 aromatic rings. The van der Waals surface area contributed by atoms with E-state index in [9.17, 15) is 14.4 Å². The number of carbonyl (C=O) groups excluding carboxylic acids is 2. The van der Waals surface area contributed by atoms with Crippen molar-refractivity contribution in [1.29, 1.82) is 0 Å². The fourth-order valence-corrected chi connectivity index (χ4v) is 3.93. The van der Waals surface area contributed by atoms with Crippen LogP contribution in [0.4, 0.5) is 0 Å². The van der Waals surface area contributed by atoms with Crippen molar-refractivity contribution in [3.05, 3.63) is 62.8 Å². The van der Waals surface area contributed by atoms with Gasteiger partial charge in [0.15, 0.2) is 6.10 Å². The molecule has 0 bridgehead atoms. The van der Waals surface area contributed by atoms with Crippen molar-refractivity contribution in [3.8, 4) is 0 Å². The molecule has 1 N–H and O–H groups in total. The van der Waals surface area contributed by atoms with Gasteiger partial charge in [-0.05, 0) is 25.0 Å². The van der Waals surface area contributed by atoms with Gasteiger partial charge in [-0.3, -0.25) is 14.4 Å². The van der Waals surface area contributed by atoms with Crippen molar-refractivity contribution in [2.24, 2.45) is 0 Å². The van der Waals surface area contributed by atoms with Gasteiger partial charge in [-0.15, -0.1) is 0 Å². The highest BCUT2D eigenvalue weighted by Gasteiger charge is 2.43. The number of aromatic amines is 1. The van der Waals surface area contributed by atoms with Gasteiger partial charge < -0.3 is 19.5 Å². The number of aryl methyl sites for hydroxylation is 2. The van der Waals surface area contributed by atoms with E-state index in [2.05, 4.69) is 9.97 Å². The summed E-state index contributed by atoms with van der Waals surface area (Å²) < 4.78 is 5.72. The Bertz CT molecular complexity index is 1020. The highest BCUT2D eigenvalue weighted by molar-refractivity contribution is 5.86. The van der Waals surface area contributed by atoms with Crippen molar-refractivity contribution in [2.75, 3.05) is 13.7 Å². The number of morpholine rings is 1. The molecule has 1 aromatic heterocycles. The third kappa shape index (κ3) is 2.99. The third-order valence-electron chi connectivity index (χ3n) is 5.46. The number of likely N-dealkylation sites (N-methyl/N-ethyl adjacent to an activating group) is 1. The molecule has 0 radical (unpaired) electrons. The van der Waals surface area contributed by atoms with Crippen LogP contribution in [0.5, 0.6) is 0 Å². The van der Waals surface area contributed by atoms with Crippen LogP contribution in [0.15, 0.2) is 29.1 Å². The van der Waals surface area contributed by atoms with E-state index < -0.39 is 12.1 Å². The number of aromatic nitrogens is 2. The van der Waals surface area contributed by atoms with Crippen LogP contribution in [-0.2, 0) is 27.4 Å².